The molecule has 1 aromatic heterocycles. The summed E-state index contributed by atoms with van der Waals surface area (Å²) in [6.07, 6.45) is 5.63. The Labute approximate surface area is 126 Å². The molecule has 21 heavy (non-hydrogen) atoms. The largest absolute Gasteiger partial charge is 0.474 e. The van der Waals surface area contributed by atoms with E-state index in [1.165, 1.54) is 0 Å². The quantitative estimate of drug-likeness (QED) is 0.921. The lowest BCUT2D eigenvalue weighted by atomic mass is 10.1. The van der Waals surface area contributed by atoms with Crippen LogP contribution in [0.25, 0.3) is 0 Å². The van der Waals surface area contributed by atoms with Crippen molar-refractivity contribution in [2.45, 2.75) is 44.4 Å². The molecule has 2 aliphatic heterocycles. The molecule has 0 bridgehead atoms. The van der Waals surface area contributed by atoms with Crippen LogP contribution in [-0.4, -0.2) is 54.9 Å². The summed E-state index contributed by atoms with van der Waals surface area (Å²) in [6.45, 7) is 5.15. The average Bonchev–Trinajstić information content (AvgIpc) is 2.89. The summed E-state index contributed by atoms with van der Waals surface area (Å²) in [5.41, 5.74) is 1.04. The van der Waals surface area contributed by atoms with Crippen molar-refractivity contribution in [1.82, 2.24) is 9.88 Å². The van der Waals surface area contributed by atoms with Crippen LogP contribution < -0.4 is 10.1 Å². The van der Waals surface area contributed by atoms with Crippen LogP contribution in [0.4, 0.5) is 5.69 Å². The summed E-state index contributed by atoms with van der Waals surface area (Å²) in [5, 5.41) is 3.48. The fourth-order valence-electron chi connectivity index (χ4n) is 2.94. The minimum atomic E-state index is 0.264. The van der Waals surface area contributed by atoms with E-state index in [1.807, 2.05) is 18.3 Å². The van der Waals surface area contributed by atoms with E-state index < -0.39 is 0 Å². The maximum atomic E-state index is 5.96. The van der Waals surface area contributed by atoms with E-state index in [9.17, 15) is 0 Å². The topological polar surface area (TPSA) is 46.6 Å². The van der Waals surface area contributed by atoms with E-state index in [2.05, 4.69) is 29.2 Å². The van der Waals surface area contributed by atoms with Crippen molar-refractivity contribution in [3.8, 4) is 5.88 Å². The van der Waals surface area contributed by atoms with Gasteiger partial charge in [-0.2, -0.15) is 0 Å². The van der Waals surface area contributed by atoms with Crippen molar-refractivity contribution in [3.05, 3.63) is 18.3 Å². The number of aromatic nitrogens is 1. The molecule has 5 nitrogen and oxygen atoms in total. The summed E-state index contributed by atoms with van der Waals surface area (Å²) >= 11 is 0. The third-order valence-electron chi connectivity index (χ3n) is 4.42. The number of anilines is 1. The zero-order chi connectivity index (χ0) is 14.7. The molecule has 0 unspecified atom stereocenters. The van der Waals surface area contributed by atoms with Gasteiger partial charge in [-0.05, 0) is 39.3 Å². The fraction of sp³-hybridized carbons (Fsp3) is 0.688. The van der Waals surface area contributed by atoms with Gasteiger partial charge in [0, 0.05) is 25.8 Å². The third-order valence-corrected chi connectivity index (χ3v) is 4.42. The predicted octanol–water partition coefficient (Wildman–Crippen LogP) is 2.14. The summed E-state index contributed by atoms with van der Waals surface area (Å²) in [7, 11) is 2.16. The van der Waals surface area contributed by atoms with Gasteiger partial charge in [0.05, 0.1) is 24.0 Å². The van der Waals surface area contributed by atoms with E-state index in [1.54, 1.807) is 0 Å². The van der Waals surface area contributed by atoms with Crippen LogP contribution in [0.1, 0.15) is 26.2 Å². The molecule has 3 rings (SSSR count). The molecule has 2 aliphatic rings. The summed E-state index contributed by atoms with van der Waals surface area (Å²) in [4.78, 5) is 6.76. The van der Waals surface area contributed by atoms with Gasteiger partial charge < -0.3 is 19.7 Å². The molecule has 3 heterocycles. The molecule has 0 aromatic carbocycles. The Balaban J connectivity index is 1.52. The van der Waals surface area contributed by atoms with E-state index in [0.717, 1.165) is 50.5 Å². The first-order valence-corrected chi connectivity index (χ1v) is 7.90. The molecule has 0 spiro atoms. The second-order valence-electron chi connectivity index (χ2n) is 6.12. The van der Waals surface area contributed by atoms with Gasteiger partial charge in [0.1, 0.15) is 6.10 Å². The molecule has 116 valence electrons. The molecule has 0 saturated carbocycles. The molecular weight excluding hydrogens is 266 g/mol. The van der Waals surface area contributed by atoms with Crippen molar-refractivity contribution >= 4 is 5.69 Å². The molecule has 2 saturated heterocycles. The van der Waals surface area contributed by atoms with Gasteiger partial charge in [0.25, 0.3) is 0 Å². The third kappa shape index (κ3) is 3.86. The van der Waals surface area contributed by atoms with Crippen molar-refractivity contribution in [3.63, 3.8) is 0 Å². The second kappa shape index (κ2) is 6.62. The average molecular weight is 291 g/mol. The van der Waals surface area contributed by atoms with Gasteiger partial charge in [-0.1, -0.05) is 0 Å². The molecule has 1 aromatic rings. The molecule has 2 atom stereocenters. The van der Waals surface area contributed by atoms with Crippen LogP contribution in [0.2, 0.25) is 0 Å². The van der Waals surface area contributed by atoms with Crippen molar-refractivity contribution < 1.29 is 9.47 Å². The first-order chi connectivity index (χ1) is 10.2. The van der Waals surface area contributed by atoms with Crippen LogP contribution >= 0.6 is 0 Å². The molecule has 5 heteroatoms. The SMILES string of the molecule is C[C@H]1OCC[C@@H]1Nc1ccc(OC2CCN(C)CC2)nc1. The van der Waals surface area contributed by atoms with Gasteiger partial charge in [-0.15, -0.1) is 0 Å². The van der Waals surface area contributed by atoms with Gasteiger partial charge in [-0.3, -0.25) is 0 Å². The zero-order valence-corrected chi connectivity index (χ0v) is 12.9. The van der Waals surface area contributed by atoms with E-state index in [4.69, 9.17) is 9.47 Å². The number of rotatable bonds is 4. The molecule has 1 N–H and O–H groups in total. The highest BCUT2D eigenvalue weighted by Gasteiger charge is 2.24. The molecular formula is C16H25N3O2. The zero-order valence-electron chi connectivity index (χ0n) is 12.9. The number of ether oxygens (including phenoxy) is 2. The summed E-state index contributed by atoms with van der Waals surface area (Å²) < 4.78 is 11.5. The lowest BCUT2D eigenvalue weighted by Crippen LogP contribution is -2.35. The lowest BCUT2D eigenvalue weighted by Gasteiger charge is -2.28. The highest BCUT2D eigenvalue weighted by atomic mass is 16.5. The Morgan fingerprint density at radius 2 is 2.10 bits per heavy atom. The monoisotopic (exact) mass is 291 g/mol. The van der Waals surface area contributed by atoms with Crippen LogP contribution in [0.15, 0.2) is 18.3 Å². The number of nitrogens with zero attached hydrogens (tertiary/aromatic N) is 2. The van der Waals surface area contributed by atoms with E-state index in [0.29, 0.717) is 12.1 Å². The fourth-order valence-corrected chi connectivity index (χ4v) is 2.94. The molecule has 0 aliphatic carbocycles. The van der Waals surface area contributed by atoms with Gasteiger partial charge in [0.2, 0.25) is 5.88 Å². The molecule has 0 radical (unpaired) electrons. The number of likely N-dealkylation sites (tertiary alicyclic amines) is 1. The van der Waals surface area contributed by atoms with Gasteiger partial charge >= 0.3 is 0 Å². The minimum Gasteiger partial charge on any atom is -0.474 e. The Hall–Kier alpha value is -1.33. The number of nitrogens with one attached hydrogen (secondary N) is 1. The van der Waals surface area contributed by atoms with E-state index >= 15 is 0 Å². The number of pyridine rings is 1. The van der Waals surface area contributed by atoms with E-state index in [-0.39, 0.29) is 6.10 Å². The first kappa shape index (κ1) is 14.6. The minimum absolute atomic E-state index is 0.264. The highest BCUT2D eigenvalue weighted by molar-refractivity contribution is 5.43. The predicted molar refractivity (Wildman–Crippen MR) is 82.8 cm³/mol. The Morgan fingerprint density at radius 3 is 2.71 bits per heavy atom. The number of hydrogen-bond donors (Lipinski definition) is 1. The summed E-state index contributed by atoms with van der Waals surface area (Å²) in [5.74, 6) is 0.728. The normalized spacial score (nSPS) is 27.7. The Bertz CT molecular complexity index is 443. The smallest absolute Gasteiger partial charge is 0.213 e. The standard InChI is InChI=1S/C16H25N3O2/c1-12-15(7-10-20-12)18-13-3-4-16(17-11-13)21-14-5-8-19(2)9-6-14/h3-4,11-12,14-15,18H,5-10H2,1-2H3/t12-,15+/m1/s1. The highest BCUT2D eigenvalue weighted by Crippen LogP contribution is 2.21. The van der Waals surface area contributed by atoms with Crippen LogP contribution in [0.5, 0.6) is 5.88 Å². The second-order valence-corrected chi connectivity index (χ2v) is 6.12. The van der Waals surface area contributed by atoms with Crippen LogP contribution in [0.3, 0.4) is 0 Å². The maximum absolute atomic E-state index is 5.96. The first-order valence-electron chi connectivity index (χ1n) is 7.90. The number of hydrogen-bond acceptors (Lipinski definition) is 5. The lowest BCUT2D eigenvalue weighted by molar-refractivity contribution is 0.110. The van der Waals surface area contributed by atoms with Crippen molar-refractivity contribution in [2.75, 3.05) is 32.1 Å². The number of piperidine rings is 1. The Morgan fingerprint density at radius 1 is 1.29 bits per heavy atom. The summed E-state index contributed by atoms with van der Waals surface area (Å²) in [6, 6.07) is 4.39. The maximum Gasteiger partial charge on any atom is 0.213 e. The Kier molecular flexibility index (Phi) is 4.60. The van der Waals surface area contributed by atoms with Gasteiger partial charge in [-0.25, -0.2) is 4.98 Å². The van der Waals surface area contributed by atoms with Crippen LogP contribution in [0, 0.1) is 0 Å². The molecule has 2 fully saturated rings. The van der Waals surface area contributed by atoms with Crippen molar-refractivity contribution in [2.24, 2.45) is 0 Å². The molecule has 0 amide bonds. The van der Waals surface area contributed by atoms with Gasteiger partial charge in [0.15, 0.2) is 0 Å². The van der Waals surface area contributed by atoms with Crippen molar-refractivity contribution in [1.29, 1.82) is 0 Å². The van der Waals surface area contributed by atoms with Crippen LogP contribution in [-0.2, 0) is 4.74 Å².